The fourth-order valence-corrected chi connectivity index (χ4v) is 7.23. The Labute approximate surface area is 263 Å². The number of rotatable bonds is 3. The van der Waals surface area contributed by atoms with Crippen LogP contribution >= 0.6 is 15.9 Å². The minimum absolute atomic E-state index is 1.09. The second kappa shape index (κ2) is 9.94. The molecule has 0 saturated carbocycles. The van der Waals surface area contributed by atoms with Crippen LogP contribution in [-0.4, -0.2) is 4.57 Å². The van der Waals surface area contributed by atoms with E-state index in [4.69, 9.17) is 0 Å². The lowest BCUT2D eigenvalue weighted by Gasteiger charge is -2.13. The quantitative estimate of drug-likeness (QED) is 0.172. The molecule has 206 valence electrons. The van der Waals surface area contributed by atoms with E-state index < -0.39 is 0 Å². The molecule has 9 aromatic rings. The van der Waals surface area contributed by atoms with Gasteiger partial charge < -0.3 is 4.57 Å². The van der Waals surface area contributed by atoms with E-state index in [1.165, 1.54) is 82.1 Å². The molecule has 0 radical (unpaired) electrons. The Bertz CT molecular complexity index is 2550. The standard InChI is InChI=1S/C42H26BrN/c43-33-20-16-28(17-21-33)29-10-7-11-30(24-29)32-19-23-40-39(26-32)41-37-14-5-3-12-35(37)36-13-4-6-15-38(36)42(41)44(40)34-22-18-27-8-1-2-9-31(27)25-34/h1-26H. The van der Waals surface area contributed by atoms with E-state index in [0.29, 0.717) is 0 Å². The Kier molecular flexibility index (Phi) is 5.72. The topological polar surface area (TPSA) is 4.93 Å². The van der Waals surface area contributed by atoms with Gasteiger partial charge in [-0.2, -0.15) is 0 Å². The van der Waals surface area contributed by atoms with E-state index in [-0.39, 0.29) is 0 Å². The van der Waals surface area contributed by atoms with Crippen molar-refractivity contribution in [1.29, 1.82) is 0 Å². The third-order valence-electron chi connectivity index (χ3n) is 9.00. The number of nitrogens with zero attached hydrogens (tertiary/aromatic N) is 1. The van der Waals surface area contributed by atoms with E-state index in [1.807, 2.05) is 0 Å². The molecule has 0 bridgehead atoms. The van der Waals surface area contributed by atoms with Gasteiger partial charge in [0.1, 0.15) is 0 Å². The van der Waals surface area contributed by atoms with Gasteiger partial charge in [0, 0.05) is 26.3 Å². The minimum Gasteiger partial charge on any atom is -0.309 e. The molecule has 0 aliphatic carbocycles. The van der Waals surface area contributed by atoms with Crippen LogP contribution in [0, 0.1) is 0 Å². The third kappa shape index (κ3) is 3.92. The van der Waals surface area contributed by atoms with Gasteiger partial charge >= 0.3 is 0 Å². The number of halogens is 1. The largest absolute Gasteiger partial charge is 0.309 e. The van der Waals surface area contributed by atoms with Gasteiger partial charge in [-0.25, -0.2) is 0 Å². The molecule has 0 saturated heterocycles. The normalized spacial score (nSPS) is 11.8. The molecule has 0 aliphatic rings. The third-order valence-corrected chi connectivity index (χ3v) is 9.53. The highest BCUT2D eigenvalue weighted by molar-refractivity contribution is 9.10. The van der Waals surface area contributed by atoms with E-state index >= 15 is 0 Å². The minimum atomic E-state index is 1.09. The fraction of sp³-hybridized carbons (Fsp3) is 0. The molecular formula is C42H26BrN. The highest BCUT2D eigenvalue weighted by atomic mass is 79.9. The summed E-state index contributed by atoms with van der Waals surface area (Å²) in [6.45, 7) is 0. The van der Waals surface area contributed by atoms with Crippen molar-refractivity contribution >= 4 is 70.1 Å². The molecule has 1 heterocycles. The van der Waals surface area contributed by atoms with E-state index in [2.05, 4.69) is 178 Å². The molecule has 0 unspecified atom stereocenters. The number of fused-ring (bicyclic) bond motifs is 9. The van der Waals surface area contributed by atoms with Crippen molar-refractivity contribution in [3.05, 3.63) is 162 Å². The molecule has 8 aromatic carbocycles. The Morgan fingerprint density at radius 2 is 1.00 bits per heavy atom. The lowest BCUT2D eigenvalue weighted by molar-refractivity contribution is 1.19. The van der Waals surface area contributed by atoms with Gasteiger partial charge in [0.25, 0.3) is 0 Å². The zero-order valence-corrected chi connectivity index (χ0v) is 25.4. The van der Waals surface area contributed by atoms with Gasteiger partial charge in [-0.05, 0) is 91.6 Å². The van der Waals surface area contributed by atoms with E-state index in [0.717, 1.165) is 4.47 Å². The van der Waals surface area contributed by atoms with Crippen molar-refractivity contribution in [2.75, 3.05) is 0 Å². The molecule has 0 fully saturated rings. The first kappa shape index (κ1) is 25.3. The van der Waals surface area contributed by atoms with Crippen LogP contribution in [0.15, 0.2) is 162 Å². The summed E-state index contributed by atoms with van der Waals surface area (Å²) in [7, 11) is 0. The second-order valence-corrected chi connectivity index (χ2v) is 12.4. The van der Waals surface area contributed by atoms with Gasteiger partial charge in [0.2, 0.25) is 0 Å². The highest BCUT2D eigenvalue weighted by Crippen LogP contribution is 2.43. The number of aromatic nitrogens is 1. The van der Waals surface area contributed by atoms with Crippen molar-refractivity contribution < 1.29 is 0 Å². The van der Waals surface area contributed by atoms with E-state index in [1.54, 1.807) is 0 Å². The molecule has 0 aliphatic heterocycles. The Morgan fingerprint density at radius 1 is 0.386 bits per heavy atom. The lowest BCUT2D eigenvalue weighted by Crippen LogP contribution is -1.95. The van der Waals surface area contributed by atoms with Crippen LogP contribution in [0.3, 0.4) is 0 Å². The average Bonchev–Trinajstić information content (AvgIpc) is 3.43. The number of hydrogen-bond donors (Lipinski definition) is 0. The molecule has 9 rings (SSSR count). The van der Waals surface area contributed by atoms with Crippen LogP contribution in [0.5, 0.6) is 0 Å². The average molecular weight is 625 g/mol. The highest BCUT2D eigenvalue weighted by Gasteiger charge is 2.19. The Morgan fingerprint density at radius 3 is 1.80 bits per heavy atom. The molecule has 0 N–H and O–H groups in total. The van der Waals surface area contributed by atoms with Gasteiger partial charge in [0.05, 0.1) is 11.0 Å². The Balaban J connectivity index is 1.38. The van der Waals surface area contributed by atoms with Crippen molar-refractivity contribution in [2.45, 2.75) is 0 Å². The summed E-state index contributed by atoms with van der Waals surface area (Å²) in [6.07, 6.45) is 0. The lowest BCUT2D eigenvalue weighted by atomic mass is 9.95. The van der Waals surface area contributed by atoms with Crippen LogP contribution in [0.2, 0.25) is 0 Å². The van der Waals surface area contributed by atoms with Gasteiger partial charge in [-0.3, -0.25) is 0 Å². The smallest absolute Gasteiger partial charge is 0.0625 e. The maximum atomic E-state index is 3.57. The van der Waals surface area contributed by atoms with Crippen molar-refractivity contribution in [1.82, 2.24) is 4.57 Å². The van der Waals surface area contributed by atoms with Gasteiger partial charge in [0.15, 0.2) is 0 Å². The molecule has 0 atom stereocenters. The van der Waals surface area contributed by atoms with Crippen molar-refractivity contribution in [2.24, 2.45) is 0 Å². The summed E-state index contributed by atoms with van der Waals surface area (Å²) in [5, 5.41) is 10.2. The van der Waals surface area contributed by atoms with Crippen LogP contribution < -0.4 is 0 Å². The summed E-state index contributed by atoms with van der Waals surface area (Å²) < 4.78 is 3.57. The second-order valence-electron chi connectivity index (χ2n) is 11.5. The summed E-state index contributed by atoms with van der Waals surface area (Å²) in [6, 6.07) is 57.6. The van der Waals surface area contributed by atoms with Crippen LogP contribution in [-0.2, 0) is 0 Å². The first-order valence-corrected chi connectivity index (χ1v) is 15.8. The SMILES string of the molecule is Brc1ccc(-c2cccc(-c3ccc4c(c3)c3c5ccccc5c5ccccc5c3n4-c3ccc4ccccc4c3)c2)cc1. The first-order valence-electron chi connectivity index (χ1n) is 15.0. The van der Waals surface area contributed by atoms with Crippen LogP contribution in [0.1, 0.15) is 0 Å². The maximum absolute atomic E-state index is 3.57. The number of benzene rings is 8. The van der Waals surface area contributed by atoms with Crippen molar-refractivity contribution in [3.63, 3.8) is 0 Å². The maximum Gasteiger partial charge on any atom is 0.0625 e. The molecule has 1 aromatic heterocycles. The predicted molar refractivity (Wildman–Crippen MR) is 192 cm³/mol. The van der Waals surface area contributed by atoms with Crippen LogP contribution in [0.25, 0.3) is 82.1 Å². The fourth-order valence-electron chi connectivity index (χ4n) is 6.96. The summed E-state index contributed by atoms with van der Waals surface area (Å²) in [4.78, 5) is 0. The van der Waals surface area contributed by atoms with E-state index in [9.17, 15) is 0 Å². The predicted octanol–water partition coefficient (Wildman–Crippen LogP) is 12.3. The molecule has 44 heavy (non-hydrogen) atoms. The Hall–Kier alpha value is -5.18. The molecule has 2 heteroatoms. The molecular weight excluding hydrogens is 598 g/mol. The monoisotopic (exact) mass is 623 g/mol. The first-order chi connectivity index (χ1) is 21.7. The zero-order chi connectivity index (χ0) is 29.2. The molecule has 0 amide bonds. The summed E-state index contributed by atoms with van der Waals surface area (Å²) in [5.41, 5.74) is 8.49. The molecule has 0 spiro atoms. The summed E-state index contributed by atoms with van der Waals surface area (Å²) in [5.74, 6) is 0. The van der Waals surface area contributed by atoms with Crippen molar-refractivity contribution in [3.8, 4) is 27.9 Å². The zero-order valence-electron chi connectivity index (χ0n) is 23.8. The number of hydrogen-bond acceptors (Lipinski definition) is 0. The van der Waals surface area contributed by atoms with Gasteiger partial charge in [-0.15, -0.1) is 0 Å². The van der Waals surface area contributed by atoms with Gasteiger partial charge in [-0.1, -0.05) is 131 Å². The summed E-state index contributed by atoms with van der Waals surface area (Å²) >= 11 is 3.57. The molecule has 1 nitrogen and oxygen atoms in total. The van der Waals surface area contributed by atoms with Crippen LogP contribution in [0.4, 0.5) is 0 Å².